The van der Waals surface area contributed by atoms with E-state index in [4.69, 9.17) is 14.2 Å². The van der Waals surface area contributed by atoms with E-state index in [1.807, 2.05) is 84.9 Å². The topological polar surface area (TPSA) is 102 Å². The molecule has 0 saturated carbocycles. The van der Waals surface area contributed by atoms with Gasteiger partial charge in [0, 0.05) is 34.4 Å². The normalized spacial score (nSPS) is 13.0. The molecule has 6 aromatic rings. The van der Waals surface area contributed by atoms with Crippen molar-refractivity contribution in [2.24, 2.45) is 0 Å². The number of fused-ring (bicyclic) bond motifs is 9. The molecule has 2 aliphatic rings. The fourth-order valence-corrected chi connectivity index (χ4v) is 7.62. The number of aliphatic hydroxyl groups is 2. The summed E-state index contributed by atoms with van der Waals surface area (Å²) in [5.41, 5.74) is 10.6. The highest BCUT2D eigenvalue weighted by Crippen LogP contribution is 2.63. The highest BCUT2D eigenvalue weighted by molar-refractivity contribution is 5.96. The van der Waals surface area contributed by atoms with Gasteiger partial charge in [-0.05, 0) is 82.6 Å². The summed E-state index contributed by atoms with van der Waals surface area (Å²) in [7, 11) is 0. The van der Waals surface area contributed by atoms with Gasteiger partial charge in [-0.15, -0.1) is 0 Å². The minimum absolute atomic E-state index is 0.0155. The number of ketones is 2. The molecule has 2 N–H and O–H groups in total. The van der Waals surface area contributed by atoms with Crippen molar-refractivity contribution < 1.29 is 34.0 Å². The van der Waals surface area contributed by atoms with E-state index in [9.17, 15) is 19.8 Å². The zero-order valence-corrected chi connectivity index (χ0v) is 28.8. The minimum atomic E-state index is -0.844. The average Bonchev–Trinajstić information content (AvgIpc) is 3.45. The third-order valence-electron chi connectivity index (χ3n) is 10.0. The summed E-state index contributed by atoms with van der Waals surface area (Å²) in [6.45, 7) is 3.17. The molecule has 1 heterocycles. The van der Waals surface area contributed by atoms with Crippen molar-refractivity contribution in [2.45, 2.75) is 19.3 Å². The standard InChI is InChI=1S/C45H36O7/c1-27(48)29-3-7-31(8-4-29)33-11-15-37-38-16-12-34(32-9-5-30(6-10-32)28(2)49)24-42(38)45(41(37)23-33)39-17-13-35(50-21-19-46)25-43(39)52-44-26-36(51-22-20-47)14-18-40(44)45/h3-18,23-26,46-47H,19-22H2,1-2H3. The smallest absolute Gasteiger partial charge is 0.159 e. The highest BCUT2D eigenvalue weighted by atomic mass is 16.5. The summed E-state index contributed by atoms with van der Waals surface area (Å²) in [5, 5.41) is 19.0. The Morgan fingerprint density at radius 2 is 0.923 bits per heavy atom. The molecule has 1 spiro atoms. The molecule has 0 amide bonds. The second-order valence-electron chi connectivity index (χ2n) is 13.1. The number of hydrogen-bond acceptors (Lipinski definition) is 7. The molecular formula is C45H36O7. The summed E-state index contributed by atoms with van der Waals surface area (Å²) in [5.74, 6) is 2.37. The first-order chi connectivity index (χ1) is 25.3. The first kappa shape index (κ1) is 33.1. The number of benzene rings is 6. The number of carbonyl (C=O) groups is 2. The van der Waals surface area contributed by atoms with E-state index in [-0.39, 0.29) is 38.0 Å². The molecule has 0 fully saturated rings. The molecule has 7 nitrogen and oxygen atoms in total. The Balaban J connectivity index is 1.41. The Morgan fingerprint density at radius 1 is 0.519 bits per heavy atom. The third-order valence-corrected chi connectivity index (χ3v) is 10.0. The predicted molar refractivity (Wildman–Crippen MR) is 200 cm³/mol. The zero-order chi connectivity index (χ0) is 36.0. The highest BCUT2D eigenvalue weighted by Gasteiger charge is 2.51. The van der Waals surface area contributed by atoms with Gasteiger partial charge in [-0.3, -0.25) is 9.59 Å². The first-order valence-corrected chi connectivity index (χ1v) is 17.3. The van der Waals surface area contributed by atoms with E-state index in [0.717, 1.165) is 55.6 Å². The lowest BCUT2D eigenvalue weighted by Crippen LogP contribution is -2.32. The van der Waals surface area contributed by atoms with E-state index >= 15 is 0 Å². The molecule has 8 rings (SSSR count). The number of carbonyl (C=O) groups excluding carboxylic acids is 2. The molecule has 0 atom stereocenters. The molecule has 6 aromatic carbocycles. The summed E-state index contributed by atoms with van der Waals surface area (Å²) in [4.78, 5) is 24.2. The van der Waals surface area contributed by atoms with Crippen LogP contribution in [0.5, 0.6) is 23.0 Å². The lowest BCUT2D eigenvalue weighted by molar-refractivity contribution is 0.100. The monoisotopic (exact) mass is 688 g/mol. The Labute approximate surface area is 301 Å². The number of hydrogen-bond donors (Lipinski definition) is 2. The van der Waals surface area contributed by atoms with Crippen molar-refractivity contribution in [3.8, 4) is 56.4 Å². The number of ether oxygens (including phenoxy) is 3. The van der Waals surface area contributed by atoms with Gasteiger partial charge in [0.1, 0.15) is 36.2 Å². The summed E-state index contributed by atoms with van der Waals surface area (Å²) in [6.07, 6.45) is 0. The molecular weight excluding hydrogens is 652 g/mol. The van der Waals surface area contributed by atoms with Gasteiger partial charge in [0.15, 0.2) is 11.6 Å². The Bertz CT molecular complexity index is 2190. The average molecular weight is 689 g/mol. The van der Waals surface area contributed by atoms with Gasteiger partial charge in [-0.25, -0.2) is 0 Å². The van der Waals surface area contributed by atoms with Gasteiger partial charge < -0.3 is 24.4 Å². The maximum Gasteiger partial charge on any atom is 0.159 e. The Morgan fingerprint density at radius 3 is 1.31 bits per heavy atom. The molecule has 7 heteroatoms. The van der Waals surface area contributed by atoms with Gasteiger partial charge >= 0.3 is 0 Å². The fourth-order valence-electron chi connectivity index (χ4n) is 7.62. The molecule has 0 saturated heterocycles. The van der Waals surface area contributed by atoms with Crippen LogP contribution in [0.2, 0.25) is 0 Å². The van der Waals surface area contributed by atoms with Gasteiger partial charge in [-0.1, -0.05) is 84.9 Å². The van der Waals surface area contributed by atoms with Crippen molar-refractivity contribution in [3.05, 3.63) is 155 Å². The lowest BCUT2D eigenvalue weighted by atomic mass is 9.65. The predicted octanol–water partition coefficient (Wildman–Crippen LogP) is 8.64. The molecule has 0 aromatic heterocycles. The van der Waals surface area contributed by atoms with Crippen LogP contribution in [0.1, 0.15) is 56.8 Å². The minimum Gasteiger partial charge on any atom is -0.491 e. The van der Waals surface area contributed by atoms with E-state index in [2.05, 4.69) is 36.4 Å². The largest absolute Gasteiger partial charge is 0.491 e. The number of aliphatic hydroxyl groups excluding tert-OH is 2. The van der Waals surface area contributed by atoms with Crippen molar-refractivity contribution in [1.82, 2.24) is 0 Å². The van der Waals surface area contributed by atoms with Gasteiger partial charge in [0.2, 0.25) is 0 Å². The van der Waals surface area contributed by atoms with Gasteiger partial charge in [-0.2, -0.15) is 0 Å². The maximum absolute atomic E-state index is 12.1. The molecule has 0 radical (unpaired) electrons. The van der Waals surface area contributed by atoms with Gasteiger partial charge in [0.05, 0.1) is 18.6 Å². The Hall–Kier alpha value is -6.02. The second kappa shape index (κ2) is 13.3. The van der Waals surface area contributed by atoms with E-state index in [1.165, 1.54) is 0 Å². The summed E-state index contributed by atoms with van der Waals surface area (Å²) >= 11 is 0. The Kier molecular flexibility index (Phi) is 8.46. The van der Waals surface area contributed by atoms with E-state index < -0.39 is 5.41 Å². The van der Waals surface area contributed by atoms with Crippen LogP contribution in [0.25, 0.3) is 33.4 Å². The molecule has 52 heavy (non-hydrogen) atoms. The molecule has 1 aliphatic heterocycles. The van der Waals surface area contributed by atoms with Crippen LogP contribution < -0.4 is 14.2 Å². The quantitative estimate of drug-likeness (QED) is 0.139. The maximum atomic E-state index is 12.1. The zero-order valence-electron chi connectivity index (χ0n) is 28.8. The lowest BCUT2D eigenvalue weighted by Gasteiger charge is -2.40. The van der Waals surface area contributed by atoms with Crippen molar-refractivity contribution >= 4 is 11.6 Å². The van der Waals surface area contributed by atoms with Crippen molar-refractivity contribution in [3.63, 3.8) is 0 Å². The van der Waals surface area contributed by atoms with Crippen LogP contribution >= 0.6 is 0 Å². The van der Waals surface area contributed by atoms with Crippen LogP contribution in [-0.4, -0.2) is 48.2 Å². The summed E-state index contributed by atoms with van der Waals surface area (Å²) < 4.78 is 18.4. The molecule has 0 unspecified atom stereocenters. The van der Waals surface area contributed by atoms with Gasteiger partial charge in [0.25, 0.3) is 0 Å². The van der Waals surface area contributed by atoms with E-state index in [1.54, 1.807) is 13.8 Å². The van der Waals surface area contributed by atoms with Crippen molar-refractivity contribution in [2.75, 3.05) is 26.4 Å². The molecule has 0 bridgehead atoms. The second-order valence-corrected chi connectivity index (χ2v) is 13.1. The van der Waals surface area contributed by atoms with Crippen molar-refractivity contribution in [1.29, 1.82) is 0 Å². The fraction of sp³-hybridized carbons (Fsp3) is 0.156. The van der Waals surface area contributed by atoms with Crippen LogP contribution in [0.15, 0.2) is 121 Å². The van der Waals surface area contributed by atoms with E-state index in [0.29, 0.717) is 34.1 Å². The molecule has 1 aliphatic carbocycles. The van der Waals surface area contributed by atoms with Crippen LogP contribution in [0, 0.1) is 0 Å². The van der Waals surface area contributed by atoms with Crippen LogP contribution in [-0.2, 0) is 5.41 Å². The SMILES string of the molecule is CC(=O)c1ccc(-c2ccc3c(c2)C2(c4ccc(OCCO)cc4Oc4cc(OCCO)ccc42)c2cc(-c4ccc(C(C)=O)cc4)ccc2-3)cc1. The summed E-state index contributed by atoms with van der Waals surface area (Å²) in [6, 6.07) is 40.1. The molecule has 258 valence electrons. The first-order valence-electron chi connectivity index (χ1n) is 17.3. The van der Waals surface area contributed by atoms with Crippen LogP contribution in [0.4, 0.5) is 0 Å². The van der Waals surface area contributed by atoms with Crippen LogP contribution in [0.3, 0.4) is 0 Å². The number of rotatable bonds is 10. The number of Topliss-reactive ketones (excluding diaryl/α,β-unsaturated/α-hetero) is 2. The third kappa shape index (κ3) is 5.46.